The largest absolute Gasteiger partial charge is 0.462 e. The minimum atomic E-state index is -0.491. The Bertz CT molecular complexity index is 1800. The lowest BCUT2D eigenvalue weighted by Gasteiger charge is -2.15. The average Bonchev–Trinajstić information content (AvgIpc) is 3.40. The van der Waals surface area contributed by atoms with Crippen molar-refractivity contribution >= 4 is 23.6 Å². The third-order valence-corrected chi connectivity index (χ3v) is 6.72. The number of aromatic nitrogens is 1. The number of ether oxygens (including phenoxy) is 1. The van der Waals surface area contributed by atoms with Gasteiger partial charge in [0, 0.05) is 16.9 Å². The normalized spacial score (nSPS) is 11.0. The Kier molecular flexibility index (Phi) is 8.41. The molecule has 42 heavy (non-hydrogen) atoms. The van der Waals surface area contributed by atoms with Gasteiger partial charge >= 0.3 is 5.97 Å². The number of benzene rings is 4. The van der Waals surface area contributed by atoms with Gasteiger partial charge in [0.2, 0.25) is 0 Å². The van der Waals surface area contributed by atoms with Gasteiger partial charge in [0.25, 0.3) is 5.91 Å². The maximum Gasteiger partial charge on any atom is 0.338 e. The molecule has 0 spiro atoms. The van der Waals surface area contributed by atoms with Gasteiger partial charge in [-0.3, -0.25) is 4.79 Å². The average molecular weight is 552 g/mol. The lowest BCUT2D eigenvalue weighted by molar-refractivity contribution is -0.112. The molecule has 1 aromatic heterocycles. The zero-order valence-electron chi connectivity index (χ0n) is 23.4. The quantitative estimate of drug-likeness (QED) is 0.121. The molecule has 0 unspecified atom stereocenters. The highest BCUT2D eigenvalue weighted by molar-refractivity contribution is 6.10. The van der Waals surface area contributed by atoms with Crippen molar-refractivity contribution in [3.8, 4) is 34.3 Å². The van der Waals surface area contributed by atoms with E-state index < -0.39 is 5.91 Å². The van der Waals surface area contributed by atoms with Crippen LogP contribution in [0.1, 0.15) is 28.4 Å². The van der Waals surface area contributed by atoms with Crippen LogP contribution in [0.25, 0.3) is 34.3 Å². The van der Waals surface area contributed by atoms with Gasteiger partial charge in [0.1, 0.15) is 11.6 Å². The molecule has 0 aliphatic heterocycles. The summed E-state index contributed by atoms with van der Waals surface area (Å²) in [5.74, 6) is -0.875. The zero-order chi connectivity index (χ0) is 29.5. The Hall–Kier alpha value is -5.67. The first kappa shape index (κ1) is 27.9. The van der Waals surface area contributed by atoms with Gasteiger partial charge in [-0.25, -0.2) is 4.79 Å². The van der Waals surface area contributed by atoms with Crippen LogP contribution in [0, 0.1) is 18.3 Å². The summed E-state index contributed by atoms with van der Waals surface area (Å²) in [6, 6.07) is 38.4. The molecule has 0 fully saturated rings. The van der Waals surface area contributed by atoms with Crippen LogP contribution < -0.4 is 5.32 Å². The van der Waals surface area contributed by atoms with Gasteiger partial charge in [0.05, 0.1) is 23.6 Å². The monoisotopic (exact) mass is 551 g/mol. The standard InChI is InChI=1S/C36H29N3O3/c1-3-42-36(41)28-17-19-32(20-18-28)39-33(26-12-6-4-7-13-26)23-29(34(39)27-14-8-5-9-15-27)22-30(24-37)35(40)38-31-16-10-11-25(2)21-31/h4-23H,3H2,1-2H3,(H,38,40)/b30-22+. The fourth-order valence-corrected chi connectivity index (χ4v) is 4.81. The SMILES string of the molecule is CCOC(=O)c1ccc(-n2c(-c3ccccc3)cc(/C=C(\C#N)C(=O)Nc3cccc(C)c3)c2-c2ccccc2)cc1. The Morgan fingerprint density at radius 1 is 0.857 bits per heavy atom. The van der Waals surface area contributed by atoms with E-state index in [1.54, 1.807) is 31.2 Å². The fraction of sp³-hybridized carbons (Fsp3) is 0.0833. The van der Waals surface area contributed by atoms with Gasteiger partial charge in [-0.1, -0.05) is 72.8 Å². The lowest BCUT2D eigenvalue weighted by atomic mass is 10.0. The first-order chi connectivity index (χ1) is 20.5. The van der Waals surface area contributed by atoms with Crippen LogP contribution in [0.2, 0.25) is 0 Å². The Balaban J connectivity index is 1.70. The summed E-state index contributed by atoms with van der Waals surface area (Å²) in [6.07, 6.45) is 1.63. The van der Waals surface area contributed by atoms with Crippen molar-refractivity contribution in [2.75, 3.05) is 11.9 Å². The minimum Gasteiger partial charge on any atom is -0.462 e. The van der Waals surface area contributed by atoms with Gasteiger partial charge in [-0.2, -0.15) is 5.26 Å². The van der Waals surface area contributed by atoms with Crippen molar-refractivity contribution in [1.82, 2.24) is 4.57 Å². The topological polar surface area (TPSA) is 84.1 Å². The number of carbonyl (C=O) groups is 2. The zero-order valence-corrected chi connectivity index (χ0v) is 23.4. The van der Waals surface area contributed by atoms with Crippen molar-refractivity contribution in [3.63, 3.8) is 0 Å². The second kappa shape index (κ2) is 12.7. The molecule has 4 aromatic carbocycles. The maximum absolute atomic E-state index is 13.2. The summed E-state index contributed by atoms with van der Waals surface area (Å²) in [5, 5.41) is 12.9. The van der Waals surface area contributed by atoms with E-state index in [1.165, 1.54) is 0 Å². The number of anilines is 1. The summed E-state index contributed by atoms with van der Waals surface area (Å²) in [4.78, 5) is 25.6. The van der Waals surface area contributed by atoms with Crippen molar-refractivity contribution in [1.29, 1.82) is 5.26 Å². The number of hydrogen-bond donors (Lipinski definition) is 1. The number of aryl methyl sites for hydroxylation is 1. The Morgan fingerprint density at radius 2 is 1.52 bits per heavy atom. The number of rotatable bonds is 8. The Morgan fingerprint density at radius 3 is 2.14 bits per heavy atom. The highest BCUT2D eigenvalue weighted by Gasteiger charge is 2.21. The van der Waals surface area contributed by atoms with E-state index in [2.05, 4.69) is 16.0 Å². The molecule has 0 saturated carbocycles. The molecule has 0 radical (unpaired) electrons. The van der Waals surface area contributed by atoms with Crippen LogP contribution in [-0.4, -0.2) is 23.1 Å². The van der Waals surface area contributed by atoms with Crippen LogP contribution in [0.15, 0.2) is 121 Å². The summed E-state index contributed by atoms with van der Waals surface area (Å²) < 4.78 is 7.25. The molecule has 1 N–H and O–H groups in total. The van der Waals surface area contributed by atoms with E-state index in [0.29, 0.717) is 23.4 Å². The van der Waals surface area contributed by atoms with E-state index >= 15 is 0 Å². The van der Waals surface area contributed by atoms with Gasteiger partial charge in [-0.15, -0.1) is 0 Å². The van der Waals surface area contributed by atoms with Crippen molar-refractivity contribution < 1.29 is 14.3 Å². The van der Waals surface area contributed by atoms with E-state index in [0.717, 1.165) is 33.8 Å². The molecule has 0 aliphatic carbocycles. The number of nitrogens with one attached hydrogen (secondary N) is 1. The number of nitriles is 1. The third-order valence-electron chi connectivity index (χ3n) is 6.72. The molecule has 0 saturated heterocycles. The second-order valence-corrected chi connectivity index (χ2v) is 9.66. The number of hydrogen-bond acceptors (Lipinski definition) is 4. The molecule has 0 aliphatic rings. The van der Waals surface area contributed by atoms with Gasteiger partial charge in [-0.05, 0) is 79.1 Å². The predicted molar refractivity (Wildman–Crippen MR) is 166 cm³/mol. The smallest absolute Gasteiger partial charge is 0.338 e. The number of nitrogens with zero attached hydrogens (tertiary/aromatic N) is 2. The summed E-state index contributed by atoms with van der Waals surface area (Å²) in [6.45, 7) is 4.01. The highest BCUT2D eigenvalue weighted by Crippen LogP contribution is 2.37. The number of esters is 1. The number of amides is 1. The molecule has 1 amide bonds. The predicted octanol–water partition coefficient (Wildman–Crippen LogP) is 7.84. The maximum atomic E-state index is 13.2. The van der Waals surface area contributed by atoms with Crippen LogP contribution in [0.5, 0.6) is 0 Å². The summed E-state index contributed by atoms with van der Waals surface area (Å²) in [7, 11) is 0. The molecule has 1 heterocycles. The van der Waals surface area contributed by atoms with E-state index in [-0.39, 0.29) is 11.5 Å². The van der Waals surface area contributed by atoms with Crippen molar-refractivity contribution in [2.45, 2.75) is 13.8 Å². The van der Waals surface area contributed by atoms with E-state index in [4.69, 9.17) is 4.74 Å². The van der Waals surface area contributed by atoms with Crippen LogP contribution >= 0.6 is 0 Å². The molecule has 5 aromatic rings. The van der Waals surface area contributed by atoms with E-state index in [9.17, 15) is 14.9 Å². The van der Waals surface area contributed by atoms with Crippen molar-refractivity contribution in [3.05, 3.63) is 138 Å². The first-order valence-electron chi connectivity index (χ1n) is 13.6. The molecule has 0 atom stereocenters. The van der Waals surface area contributed by atoms with Gasteiger partial charge in [0.15, 0.2) is 0 Å². The van der Waals surface area contributed by atoms with E-state index in [1.807, 2.05) is 104 Å². The summed E-state index contributed by atoms with van der Waals surface area (Å²) >= 11 is 0. The molecule has 6 nitrogen and oxygen atoms in total. The lowest BCUT2D eigenvalue weighted by Crippen LogP contribution is -2.13. The second-order valence-electron chi connectivity index (χ2n) is 9.66. The third kappa shape index (κ3) is 6.06. The fourth-order valence-electron chi connectivity index (χ4n) is 4.81. The first-order valence-corrected chi connectivity index (χ1v) is 13.6. The minimum absolute atomic E-state index is 0.0249. The van der Waals surface area contributed by atoms with Gasteiger partial charge < -0.3 is 14.6 Å². The van der Waals surface area contributed by atoms with Crippen molar-refractivity contribution in [2.24, 2.45) is 0 Å². The molecular formula is C36H29N3O3. The van der Waals surface area contributed by atoms with Crippen LogP contribution in [0.4, 0.5) is 5.69 Å². The molecule has 6 heteroatoms. The van der Waals surface area contributed by atoms with Crippen LogP contribution in [-0.2, 0) is 9.53 Å². The number of carbonyl (C=O) groups excluding carboxylic acids is 2. The summed E-state index contributed by atoms with van der Waals surface area (Å²) in [5.41, 5.74) is 7.07. The van der Waals surface area contributed by atoms with Crippen LogP contribution in [0.3, 0.4) is 0 Å². The molecular weight excluding hydrogens is 522 g/mol. The molecule has 206 valence electrons. The Labute approximate surface area is 245 Å². The molecule has 0 bridgehead atoms. The highest BCUT2D eigenvalue weighted by atomic mass is 16.5. The molecule has 5 rings (SSSR count).